The predicted octanol–water partition coefficient (Wildman–Crippen LogP) is 0.999. The number of carbonyl (C=O) groups excluding carboxylic acids is 1. The molecule has 0 heterocycles. The zero-order valence-electron chi connectivity index (χ0n) is 10.6. The van der Waals surface area contributed by atoms with Crippen molar-refractivity contribution in [2.45, 2.75) is 26.4 Å². The van der Waals surface area contributed by atoms with Crippen LogP contribution in [0.2, 0.25) is 0 Å². The molecule has 0 atom stereocenters. The van der Waals surface area contributed by atoms with Crippen molar-refractivity contribution in [3.63, 3.8) is 0 Å². The number of carboxylic acids is 1. The summed E-state index contributed by atoms with van der Waals surface area (Å²) < 4.78 is 0. The average Bonchev–Trinajstić information content (AvgIpc) is 2.28. The molecule has 98 valence electrons. The Hall–Kier alpha value is -1.88. The lowest BCUT2D eigenvalue weighted by Crippen LogP contribution is -2.37. The van der Waals surface area contributed by atoms with Crippen LogP contribution in [0.4, 0.5) is 0 Å². The van der Waals surface area contributed by atoms with Gasteiger partial charge in [-0.15, -0.1) is 0 Å². The normalized spacial score (nSPS) is 10.4. The molecular weight excluding hydrogens is 232 g/mol. The summed E-state index contributed by atoms with van der Waals surface area (Å²) in [5, 5.41) is 14.6. The number of hydrogen-bond acceptors (Lipinski definition) is 3. The fourth-order valence-corrected chi connectivity index (χ4v) is 1.51. The average molecular weight is 250 g/mol. The molecule has 0 aliphatic rings. The van der Waals surface area contributed by atoms with Crippen molar-refractivity contribution in [3.05, 3.63) is 35.4 Å². The number of carbonyl (C=O) groups is 2. The molecule has 5 nitrogen and oxygen atoms in total. The Kier molecular flexibility index (Phi) is 5.32. The number of nitrogens with one attached hydrogen (secondary N) is 2. The number of carboxylic acid groups (broad SMARTS) is 1. The van der Waals surface area contributed by atoms with Gasteiger partial charge in [-0.3, -0.25) is 4.79 Å². The molecule has 1 amide bonds. The largest absolute Gasteiger partial charge is 0.478 e. The third-order valence-electron chi connectivity index (χ3n) is 2.24. The van der Waals surface area contributed by atoms with Crippen LogP contribution in [-0.2, 0) is 11.3 Å². The molecular formula is C13H18N2O3. The van der Waals surface area contributed by atoms with Crippen molar-refractivity contribution in [2.75, 3.05) is 6.54 Å². The molecule has 0 fully saturated rings. The summed E-state index contributed by atoms with van der Waals surface area (Å²) in [6.07, 6.45) is 0. The van der Waals surface area contributed by atoms with Gasteiger partial charge in [-0.25, -0.2) is 4.79 Å². The quantitative estimate of drug-likeness (QED) is 0.703. The first kappa shape index (κ1) is 14.2. The molecule has 0 spiro atoms. The van der Waals surface area contributed by atoms with Gasteiger partial charge in [0.2, 0.25) is 5.91 Å². The van der Waals surface area contributed by atoms with Crippen LogP contribution in [0.15, 0.2) is 24.3 Å². The second kappa shape index (κ2) is 6.76. The van der Waals surface area contributed by atoms with Crippen molar-refractivity contribution in [3.8, 4) is 0 Å². The number of aromatic carboxylic acids is 1. The lowest BCUT2D eigenvalue weighted by molar-refractivity contribution is -0.120. The molecule has 5 heteroatoms. The summed E-state index contributed by atoms with van der Waals surface area (Å²) in [5.41, 5.74) is 1.09. The summed E-state index contributed by atoms with van der Waals surface area (Å²) in [5.74, 6) is -1.02. The zero-order valence-corrected chi connectivity index (χ0v) is 10.6. The number of benzene rings is 1. The van der Waals surface area contributed by atoms with E-state index < -0.39 is 5.97 Å². The van der Waals surface area contributed by atoms with E-state index in [-0.39, 0.29) is 24.1 Å². The van der Waals surface area contributed by atoms with Crippen molar-refractivity contribution in [2.24, 2.45) is 0 Å². The smallest absolute Gasteiger partial charge is 0.335 e. The zero-order chi connectivity index (χ0) is 13.5. The Bertz CT molecular complexity index is 430. The van der Waals surface area contributed by atoms with Crippen LogP contribution in [0.3, 0.4) is 0 Å². The van der Waals surface area contributed by atoms with Gasteiger partial charge in [-0.05, 0) is 31.5 Å². The molecule has 18 heavy (non-hydrogen) atoms. The minimum absolute atomic E-state index is 0.0700. The second-order valence-corrected chi connectivity index (χ2v) is 4.33. The van der Waals surface area contributed by atoms with Crippen LogP contribution in [0.1, 0.15) is 29.8 Å². The van der Waals surface area contributed by atoms with E-state index in [1.54, 1.807) is 12.1 Å². The Morgan fingerprint density at radius 3 is 2.67 bits per heavy atom. The molecule has 0 aliphatic heterocycles. The van der Waals surface area contributed by atoms with Gasteiger partial charge >= 0.3 is 5.97 Å². The lowest BCUT2D eigenvalue weighted by Gasteiger charge is -2.09. The summed E-state index contributed by atoms with van der Waals surface area (Å²) in [7, 11) is 0. The van der Waals surface area contributed by atoms with Gasteiger partial charge in [0.1, 0.15) is 0 Å². The first-order chi connectivity index (χ1) is 8.49. The van der Waals surface area contributed by atoms with Gasteiger partial charge in [-0.1, -0.05) is 12.1 Å². The first-order valence-corrected chi connectivity index (χ1v) is 5.81. The molecule has 0 saturated carbocycles. The van der Waals surface area contributed by atoms with E-state index in [2.05, 4.69) is 10.6 Å². The molecule has 0 saturated heterocycles. The van der Waals surface area contributed by atoms with E-state index in [0.717, 1.165) is 5.56 Å². The second-order valence-electron chi connectivity index (χ2n) is 4.33. The Balaban J connectivity index is 2.42. The van der Waals surface area contributed by atoms with Gasteiger partial charge in [0.05, 0.1) is 12.1 Å². The third kappa shape index (κ3) is 4.97. The Morgan fingerprint density at radius 2 is 2.06 bits per heavy atom. The summed E-state index contributed by atoms with van der Waals surface area (Å²) in [6.45, 7) is 4.48. The summed E-state index contributed by atoms with van der Waals surface area (Å²) in [4.78, 5) is 22.1. The van der Waals surface area contributed by atoms with E-state index in [1.165, 1.54) is 6.07 Å². The fraction of sp³-hybridized carbons (Fsp3) is 0.385. The number of amides is 1. The van der Waals surface area contributed by atoms with Crippen molar-refractivity contribution in [1.29, 1.82) is 0 Å². The highest BCUT2D eigenvalue weighted by molar-refractivity contribution is 5.87. The monoisotopic (exact) mass is 250 g/mol. The summed E-state index contributed by atoms with van der Waals surface area (Å²) >= 11 is 0. The molecule has 0 radical (unpaired) electrons. The van der Waals surface area contributed by atoms with E-state index in [1.807, 2.05) is 19.9 Å². The molecule has 3 N–H and O–H groups in total. The highest BCUT2D eigenvalue weighted by Gasteiger charge is 2.04. The molecule has 0 aromatic heterocycles. The first-order valence-electron chi connectivity index (χ1n) is 5.81. The van der Waals surface area contributed by atoms with Gasteiger partial charge in [0, 0.05) is 12.6 Å². The minimum Gasteiger partial charge on any atom is -0.478 e. The molecule has 1 aromatic carbocycles. The van der Waals surface area contributed by atoms with Crippen LogP contribution in [-0.4, -0.2) is 29.6 Å². The third-order valence-corrected chi connectivity index (χ3v) is 2.24. The molecule has 1 rings (SSSR count). The Morgan fingerprint density at radius 1 is 1.33 bits per heavy atom. The van der Waals surface area contributed by atoms with Crippen LogP contribution in [0, 0.1) is 0 Å². The van der Waals surface area contributed by atoms with Gasteiger partial charge in [0.15, 0.2) is 0 Å². The van der Waals surface area contributed by atoms with Crippen molar-refractivity contribution >= 4 is 11.9 Å². The van der Waals surface area contributed by atoms with Gasteiger partial charge < -0.3 is 15.7 Å². The standard InChI is InChI=1S/C13H18N2O3/c1-9(2)15-12(16)8-14-7-10-4-3-5-11(6-10)13(17)18/h3-6,9,14H,7-8H2,1-2H3,(H,15,16)(H,17,18). The molecule has 1 aromatic rings. The summed E-state index contributed by atoms with van der Waals surface area (Å²) in [6, 6.07) is 6.76. The van der Waals surface area contributed by atoms with Crippen LogP contribution in [0.25, 0.3) is 0 Å². The van der Waals surface area contributed by atoms with E-state index in [9.17, 15) is 9.59 Å². The van der Waals surface area contributed by atoms with Crippen LogP contribution < -0.4 is 10.6 Å². The SMILES string of the molecule is CC(C)NC(=O)CNCc1cccc(C(=O)O)c1. The van der Waals surface area contributed by atoms with Crippen molar-refractivity contribution < 1.29 is 14.7 Å². The predicted molar refractivity (Wildman–Crippen MR) is 68.4 cm³/mol. The van der Waals surface area contributed by atoms with Crippen LogP contribution >= 0.6 is 0 Å². The molecule has 0 unspecified atom stereocenters. The topological polar surface area (TPSA) is 78.4 Å². The van der Waals surface area contributed by atoms with E-state index in [0.29, 0.717) is 6.54 Å². The van der Waals surface area contributed by atoms with E-state index in [4.69, 9.17) is 5.11 Å². The lowest BCUT2D eigenvalue weighted by atomic mass is 10.1. The van der Waals surface area contributed by atoms with E-state index >= 15 is 0 Å². The molecule has 0 bridgehead atoms. The highest BCUT2D eigenvalue weighted by Crippen LogP contribution is 2.04. The highest BCUT2D eigenvalue weighted by atomic mass is 16.4. The molecule has 0 aliphatic carbocycles. The number of rotatable bonds is 6. The van der Waals surface area contributed by atoms with Gasteiger partial charge in [-0.2, -0.15) is 0 Å². The van der Waals surface area contributed by atoms with Crippen molar-refractivity contribution in [1.82, 2.24) is 10.6 Å². The fourth-order valence-electron chi connectivity index (χ4n) is 1.51. The maximum absolute atomic E-state index is 11.4. The van der Waals surface area contributed by atoms with Crippen LogP contribution in [0.5, 0.6) is 0 Å². The number of hydrogen-bond donors (Lipinski definition) is 3. The van der Waals surface area contributed by atoms with Gasteiger partial charge in [0.25, 0.3) is 0 Å². The minimum atomic E-state index is -0.950. The maximum atomic E-state index is 11.4. The maximum Gasteiger partial charge on any atom is 0.335 e. The Labute approximate surface area is 106 Å².